The van der Waals surface area contributed by atoms with Gasteiger partial charge in [0.15, 0.2) is 0 Å². The van der Waals surface area contributed by atoms with Crippen molar-refractivity contribution in [2.45, 2.75) is 52.6 Å². The van der Waals surface area contributed by atoms with Crippen molar-refractivity contribution < 1.29 is 8.83 Å². The van der Waals surface area contributed by atoms with E-state index in [0.717, 1.165) is 11.1 Å². The fraction of sp³-hybridized carbons (Fsp3) is 0.444. The van der Waals surface area contributed by atoms with Crippen LogP contribution in [0.1, 0.15) is 41.5 Å². The molecule has 138 valence electrons. The lowest BCUT2D eigenvalue weighted by atomic mass is 10.1. The number of nitrogens with zero attached hydrogens (tertiary/aromatic N) is 4. The van der Waals surface area contributed by atoms with Crippen molar-refractivity contribution in [3.8, 4) is 22.9 Å². The normalized spacial score (nSPS) is 12.2. The van der Waals surface area contributed by atoms with Crippen LogP contribution in [-0.4, -0.2) is 31.5 Å². The Balaban J connectivity index is 1.75. The standard InChI is InChI=1S/C18H24N6O2/c1-17(2,3)19-15-23-21-13(25-15)11-7-9-12(10-8-11)14-22-24-16(26-14)20-18(4,5)6/h7-10H,1-6H3,(H,19,23)(H,20,24). The number of benzene rings is 1. The molecule has 1 aromatic carbocycles. The molecule has 0 fully saturated rings. The molecule has 0 aliphatic carbocycles. The van der Waals surface area contributed by atoms with Crippen molar-refractivity contribution in [2.75, 3.05) is 10.6 Å². The Morgan fingerprint density at radius 2 is 0.962 bits per heavy atom. The molecule has 0 aliphatic heterocycles. The average molecular weight is 356 g/mol. The van der Waals surface area contributed by atoms with Gasteiger partial charge in [-0.3, -0.25) is 0 Å². The first kappa shape index (κ1) is 17.9. The summed E-state index contributed by atoms with van der Waals surface area (Å²) in [4.78, 5) is 0. The SMILES string of the molecule is CC(C)(C)Nc1nnc(-c2ccc(-c3nnc(NC(C)(C)C)o3)cc2)o1. The van der Waals surface area contributed by atoms with E-state index in [1.54, 1.807) is 0 Å². The molecule has 0 amide bonds. The number of nitrogens with one attached hydrogen (secondary N) is 2. The second-order valence-electron chi connectivity index (χ2n) is 8.15. The van der Waals surface area contributed by atoms with Gasteiger partial charge < -0.3 is 19.5 Å². The summed E-state index contributed by atoms with van der Waals surface area (Å²) in [6.45, 7) is 12.2. The van der Waals surface area contributed by atoms with Crippen LogP contribution < -0.4 is 10.6 Å². The number of hydrogen-bond acceptors (Lipinski definition) is 8. The fourth-order valence-corrected chi connectivity index (χ4v) is 2.18. The lowest BCUT2D eigenvalue weighted by Gasteiger charge is -2.17. The molecule has 2 aromatic heterocycles. The maximum atomic E-state index is 5.66. The Kier molecular flexibility index (Phi) is 4.43. The van der Waals surface area contributed by atoms with Crippen molar-refractivity contribution in [3.63, 3.8) is 0 Å². The molecule has 0 atom stereocenters. The number of anilines is 2. The van der Waals surface area contributed by atoms with E-state index in [1.807, 2.05) is 65.8 Å². The number of aromatic nitrogens is 4. The zero-order valence-electron chi connectivity index (χ0n) is 15.9. The van der Waals surface area contributed by atoms with E-state index in [9.17, 15) is 0 Å². The van der Waals surface area contributed by atoms with E-state index in [0.29, 0.717) is 23.8 Å². The molecule has 8 nitrogen and oxygen atoms in total. The van der Waals surface area contributed by atoms with Crippen molar-refractivity contribution in [1.29, 1.82) is 0 Å². The van der Waals surface area contributed by atoms with Crippen molar-refractivity contribution in [1.82, 2.24) is 20.4 Å². The van der Waals surface area contributed by atoms with E-state index in [1.165, 1.54) is 0 Å². The molecular formula is C18H24N6O2. The lowest BCUT2D eigenvalue weighted by molar-refractivity contribution is 0.536. The monoisotopic (exact) mass is 356 g/mol. The van der Waals surface area contributed by atoms with Gasteiger partial charge in [-0.2, -0.15) is 0 Å². The largest absolute Gasteiger partial charge is 0.403 e. The second kappa shape index (κ2) is 6.44. The van der Waals surface area contributed by atoms with E-state index in [2.05, 4.69) is 31.0 Å². The molecular weight excluding hydrogens is 332 g/mol. The van der Waals surface area contributed by atoms with Crippen LogP contribution in [-0.2, 0) is 0 Å². The van der Waals surface area contributed by atoms with Crippen molar-refractivity contribution in [3.05, 3.63) is 24.3 Å². The van der Waals surface area contributed by atoms with E-state index in [-0.39, 0.29) is 11.1 Å². The topological polar surface area (TPSA) is 102 Å². The molecule has 0 aliphatic rings. The van der Waals surface area contributed by atoms with Crippen LogP contribution in [0.2, 0.25) is 0 Å². The zero-order chi connectivity index (χ0) is 18.9. The third-order valence-corrected chi connectivity index (χ3v) is 3.19. The molecule has 0 radical (unpaired) electrons. The van der Waals surface area contributed by atoms with Crippen LogP contribution in [0.3, 0.4) is 0 Å². The van der Waals surface area contributed by atoms with Gasteiger partial charge in [0.2, 0.25) is 11.8 Å². The molecule has 2 N–H and O–H groups in total. The van der Waals surface area contributed by atoms with Gasteiger partial charge >= 0.3 is 12.0 Å². The minimum Gasteiger partial charge on any atom is -0.403 e. The van der Waals surface area contributed by atoms with Crippen LogP contribution >= 0.6 is 0 Å². The maximum absolute atomic E-state index is 5.66. The quantitative estimate of drug-likeness (QED) is 0.717. The minimum atomic E-state index is -0.148. The van der Waals surface area contributed by atoms with Gasteiger partial charge in [0.1, 0.15) is 0 Å². The molecule has 2 heterocycles. The Bertz CT molecular complexity index is 795. The Morgan fingerprint density at radius 1 is 0.615 bits per heavy atom. The van der Waals surface area contributed by atoms with E-state index in [4.69, 9.17) is 8.83 Å². The smallest absolute Gasteiger partial charge is 0.316 e. The molecule has 0 saturated heterocycles. The summed E-state index contributed by atoms with van der Waals surface area (Å²) < 4.78 is 11.3. The first-order chi connectivity index (χ1) is 12.1. The summed E-state index contributed by atoms with van der Waals surface area (Å²) in [5.41, 5.74) is 1.33. The predicted octanol–water partition coefficient (Wildman–Crippen LogP) is 4.21. The number of hydrogen-bond donors (Lipinski definition) is 2. The summed E-state index contributed by atoms with van der Waals surface area (Å²) in [5, 5.41) is 22.5. The Hall–Kier alpha value is -2.90. The first-order valence-corrected chi connectivity index (χ1v) is 8.43. The van der Waals surface area contributed by atoms with Gasteiger partial charge in [-0.05, 0) is 65.8 Å². The van der Waals surface area contributed by atoms with Crippen LogP contribution in [0.4, 0.5) is 12.0 Å². The predicted molar refractivity (Wildman–Crippen MR) is 99.8 cm³/mol. The summed E-state index contributed by atoms with van der Waals surface area (Å²) in [6, 6.07) is 8.31. The van der Waals surface area contributed by atoms with Gasteiger partial charge in [-0.25, -0.2) is 0 Å². The van der Waals surface area contributed by atoms with Crippen LogP contribution in [0, 0.1) is 0 Å². The maximum Gasteiger partial charge on any atom is 0.316 e. The lowest BCUT2D eigenvalue weighted by Crippen LogP contribution is -2.26. The molecule has 3 aromatic rings. The Morgan fingerprint density at radius 3 is 1.27 bits per heavy atom. The second-order valence-corrected chi connectivity index (χ2v) is 8.15. The number of rotatable bonds is 4. The highest BCUT2D eigenvalue weighted by molar-refractivity contribution is 5.61. The molecule has 0 saturated carbocycles. The highest BCUT2D eigenvalue weighted by Gasteiger charge is 2.17. The summed E-state index contributed by atoms with van der Waals surface area (Å²) in [5.74, 6) is 0.896. The van der Waals surface area contributed by atoms with Gasteiger partial charge in [-0.1, -0.05) is 10.2 Å². The minimum absolute atomic E-state index is 0.148. The van der Waals surface area contributed by atoms with Crippen LogP contribution in [0.25, 0.3) is 22.9 Å². The van der Waals surface area contributed by atoms with E-state index < -0.39 is 0 Å². The van der Waals surface area contributed by atoms with Gasteiger partial charge in [0.25, 0.3) is 0 Å². The van der Waals surface area contributed by atoms with E-state index >= 15 is 0 Å². The summed E-state index contributed by atoms with van der Waals surface area (Å²) in [7, 11) is 0. The summed E-state index contributed by atoms with van der Waals surface area (Å²) in [6.07, 6.45) is 0. The van der Waals surface area contributed by atoms with Gasteiger partial charge in [0.05, 0.1) is 0 Å². The van der Waals surface area contributed by atoms with Crippen LogP contribution in [0.5, 0.6) is 0 Å². The zero-order valence-corrected chi connectivity index (χ0v) is 15.9. The first-order valence-electron chi connectivity index (χ1n) is 8.43. The fourth-order valence-electron chi connectivity index (χ4n) is 2.18. The highest BCUT2D eigenvalue weighted by Crippen LogP contribution is 2.26. The molecule has 26 heavy (non-hydrogen) atoms. The van der Waals surface area contributed by atoms with Gasteiger partial charge in [-0.15, -0.1) is 10.2 Å². The molecule has 0 bridgehead atoms. The van der Waals surface area contributed by atoms with Crippen molar-refractivity contribution in [2.24, 2.45) is 0 Å². The molecule has 0 spiro atoms. The third kappa shape index (κ3) is 4.59. The van der Waals surface area contributed by atoms with Crippen molar-refractivity contribution >= 4 is 12.0 Å². The van der Waals surface area contributed by atoms with Gasteiger partial charge in [0, 0.05) is 22.2 Å². The highest BCUT2D eigenvalue weighted by atomic mass is 16.4. The molecule has 3 rings (SSSR count). The average Bonchev–Trinajstić information content (AvgIpc) is 3.14. The molecule has 0 unspecified atom stereocenters. The molecule has 8 heteroatoms. The third-order valence-electron chi connectivity index (χ3n) is 3.19. The van der Waals surface area contributed by atoms with Crippen LogP contribution in [0.15, 0.2) is 33.1 Å². The Labute approximate surface area is 152 Å². The summed E-state index contributed by atoms with van der Waals surface area (Å²) >= 11 is 0.